The Hall–Kier alpha value is -3.43. The topological polar surface area (TPSA) is 84.7 Å². The number of para-hydroxylation sites is 1. The van der Waals surface area contributed by atoms with E-state index in [2.05, 4.69) is 13.8 Å². The maximum Gasteiger partial charge on any atom is 0.303 e. The minimum absolute atomic E-state index is 0.0129. The molecule has 7 nitrogen and oxygen atoms in total. The van der Waals surface area contributed by atoms with E-state index in [0.29, 0.717) is 28.2 Å². The number of carboxylic acids is 1. The van der Waals surface area contributed by atoms with Crippen LogP contribution in [0.2, 0.25) is 0 Å². The maximum atomic E-state index is 13.1. The monoisotopic (exact) mass is 521 g/mol. The molecule has 0 unspecified atom stereocenters. The Morgan fingerprint density at radius 2 is 1.89 bits per heavy atom. The first-order valence-electron chi connectivity index (χ1n) is 11.7. The van der Waals surface area contributed by atoms with Gasteiger partial charge in [0.15, 0.2) is 0 Å². The van der Waals surface area contributed by atoms with E-state index in [1.807, 2.05) is 60.8 Å². The second-order valence-corrected chi connectivity index (χ2v) is 10.4. The van der Waals surface area contributed by atoms with Gasteiger partial charge in [0.05, 0.1) is 22.9 Å². The third-order valence-electron chi connectivity index (χ3n) is 5.41. The summed E-state index contributed by atoms with van der Waals surface area (Å²) >= 11 is 6.62. The Morgan fingerprint density at radius 3 is 2.56 bits per heavy atom. The van der Waals surface area contributed by atoms with Crippen molar-refractivity contribution in [2.24, 2.45) is 5.92 Å². The Morgan fingerprint density at radius 1 is 1.17 bits per heavy atom. The third-order valence-corrected chi connectivity index (χ3v) is 6.78. The van der Waals surface area contributed by atoms with E-state index in [4.69, 9.17) is 27.2 Å². The lowest BCUT2D eigenvalue weighted by molar-refractivity contribution is -0.137. The van der Waals surface area contributed by atoms with E-state index >= 15 is 0 Å². The summed E-state index contributed by atoms with van der Waals surface area (Å²) in [5.41, 5.74) is 3.30. The molecule has 1 N–H and O–H groups in total. The van der Waals surface area contributed by atoms with Crippen molar-refractivity contribution in [1.29, 1.82) is 0 Å². The molecule has 186 valence electrons. The molecule has 9 heteroatoms. The maximum absolute atomic E-state index is 13.1. The number of carboxylic acid groups (broad SMARTS) is 1. The summed E-state index contributed by atoms with van der Waals surface area (Å²) in [6.45, 7) is 5.13. The first kappa shape index (κ1) is 25.7. The number of hydrogen-bond acceptors (Lipinski definition) is 6. The smallest absolute Gasteiger partial charge is 0.303 e. The summed E-state index contributed by atoms with van der Waals surface area (Å²) in [7, 11) is 0. The summed E-state index contributed by atoms with van der Waals surface area (Å²) in [6.07, 6.45) is 4.03. The van der Waals surface area contributed by atoms with Crippen molar-refractivity contribution in [2.45, 2.75) is 26.7 Å². The molecule has 0 saturated carbocycles. The van der Waals surface area contributed by atoms with Crippen molar-refractivity contribution in [3.8, 4) is 22.7 Å². The summed E-state index contributed by atoms with van der Waals surface area (Å²) in [5.74, 6) is 0.111. The van der Waals surface area contributed by atoms with Gasteiger partial charge in [-0.2, -0.15) is 5.10 Å². The molecule has 0 spiro atoms. The Balaban J connectivity index is 1.65. The second kappa shape index (κ2) is 11.5. The van der Waals surface area contributed by atoms with Gasteiger partial charge in [-0.3, -0.25) is 14.5 Å². The molecule has 1 aliphatic heterocycles. The van der Waals surface area contributed by atoms with Crippen LogP contribution < -0.4 is 4.74 Å². The molecule has 2 heterocycles. The van der Waals surface area contributed by atoms with Gasteiger partial charge in [-0.15, -0.1) is 0 Å². The number of carbonyl (C=O) groups is 2. The predicted molar refractivity (Wildman–Crippen MR) is 146 cm³/mol. The van der Waals surface area contributed by atoms with E-state index in [0.717, 1.165) is 28.3 Å². The molecule has 1 saturated heterocycles. The third kappa shape index (κ3) is 6.22. The molecular weight excluding hydrogens is 494 g/mol. The first-order chi connectivity index (χ1) is 17.3. The number of aliphatic carboxylic acids is 1. The highest BCUT2D eigenvalue weighted by Gasteiger charge is 2.32. The standard InChI is InChI=1S/C27H27N3O4S2/c1-18(2)17-34-22-12-10-19(11-13-22)25-20(16-30(28-25)21-7-4-3-5-8-21)15-23-26(33)29(27(35)36-23)14-6-9-24(31)32/h3-5,7-8,10-13,15-16,18H,6,9,14,17H2,1-2H3,(H,31,32)/b23-15-. The van der Waals surface area contributed by atoms with Crippen LogP contribution in [-0.2, 0) is 9.59 Å². The summed E-state index contributed by atoms with van der Waals surface area (Å²) in [5, 5.41) is 13.7. The zero-order valence-corrected chi connectivity index (χ0v) is 21.7. The molecular formula is C27H27N3O4S2. The molecule has 3 aromatic rings. The number of thiocarbonyl (C=S) groups is 1. The predicted octanol–water partition coefficient (Wildman–Crippen LogP) is 5.64. The molecule has 2 aromatic carbocycles. The van der Waals surface area contributed by atoms with Crippen LogP contribution in [0.15, 0.2) is 65.7 Å². The van der Waals surface area contributed by atoms with Gasteiger partial charge in [0.25, 0.3) is 5.91 Å². The van der Waals surface area contributed by atoms with Crippen LogP contribution in [-0.4, -0.2) is 49.1 Å². The molecule has 1 aliphatic rings. The number of ether oxygens (including phenoxy) is 1. The average Bonchev–Trinajstić information content (AvgIpc) is 3.40. The van der Waals surface area contributed by atoms with Gasteiger partial charge in [-0.25, -0.2) is 4.68 Å². The number of nitrogens with zero attached hydrogens (tertiary/aromatic N) is 3. The van der Waals surface area contributed by atoms with Crippen LogP contribution in [0.25, 0.3) is 23.0 Å². The van der Waals surface area contributed by atoms with Crippen molar-refractivity contribution in [1.82, 2.24) is 14.7 Å². The fraction of sp³-hybridized carbons (Fsp3) is 0.259. The van der Waals surface area contributed by atoms with Crippen LogP contribution in [0.4, 0.5) is 0 Å². The number of thioether (sulfide) groups is 1. The van der Waals surface area contributed by atoms with E-state index in [1.165, 1.54) is 16.7 Å². The molecule has 0 bridgehead atoms. The molecule has 4 rings (SSSR count). The highest BCUT2D eigenvalue weighted by molar-refractivity contribution is 8.26. The van der Waals surface area contributed by atoms with E-state index in [1.54, 1.807) is 10.8 Å². The van der Waals surface area contributed by atoms with Crippen LogP contribution in [0, 0.1) is 5.92 Å². The largest absolute Gasteiger partial charge is 0.493 e. The fourth-order valence-corrected chi connectivity index (χ4v) is 4.92. The molecule has 1 fully saturated rings. The van der Waals surface area contributed by atoms with Gasteiger partial charge in [0.2, 0.25) is 0 Å². The van der Waals surface area contributed by atoms with Crippen LogP contribution in [0.1, 0.15) is 32.3 Å². The lowest BCUT2D eigenvalue weighted by atomic mass is 10.1. The summed E-state index contributed by atoms with van der Waals surface area (Å²) in [4.78, 5) is 25.9. The van der Waals surface area contributed by atoms with Crippen molar-refractivity contribution in [3.05, 3.63) is 71.3 Å². The van der Waals surface area contributed by atoms with Crippen LogP contribution in [0.3, 0.4) is 0 Å². The van der Waals surface area contributed by atoms with Crippen molar-refractivity contribution in [2.75, 3.05) is 13.2 Å². The van der Waals surface area contributed by atoms with Gasteiger partial charge < -0.3 is 9.84 Å². The molecule has 0 aliphatic carbocycles. The van der Waals surface area contributed by atoms with Crippen molar-refractivity contribution in [3.63, 3.8) is 0 Å². The second-order valence-electron chi connectivity index (χ2n) is 8.77. The lowest BCUT2D eigenvalue weighted by Gasteiger charge is -2.13. The first-order valence-corrected chi connectivity index (χ1v) is 12.9. The molecule has 0 radical (unpaired) electrons. The Bertz CT molecular complexity index is 1280. The van der Waals surface area contributed by atoms with E-state index in [-0.39, 0.29) is 18.9 Å². The van der Waals surface area contributed by atoms with Crippen molar-refractivity contribution < 1.29 is 19.4 Å². The number of benzene rings is 2. The SMILES string of the molecule is CC(C)COc1ccc(-c2nn(-c3ccccc3)cc2/C=C2\SC(=S)N(CCCC(=O)O)C2=O)cc1. The average molecular weight is 522 g/mol. The minimum atomic E-state index is -0.894. The van der Waals surface area contributed by atoms with Crippen molar-refractivity contribution >= 4 is 46.3 Å². The zero-order valence-electron chi connectivity index (χ0n) is 20.1. The number of carbonyl (C=O) groups excluding carboxylic acids is 1. The van der Waals surface area contributed by atoms with E-state index in [9.17, 15) is 9.59 Å². The highest BCUT2D eigenvalue weighted by atomic mass is 32.2. The molecule has 36 heavy (non-hydrogen) atoms. The highest BCUT2D eigenvalue weighted by Crippen LogP contribution is 2.35. The Labute approximate surface area is 219 Å². The minimum Gasteiger partial charge on any atom is -0.493 e. The fourth-order valence-electron chi connectivity index (χ4n) is 3.62. The van der Waals surface area contributed by atoms with Crippen LogP contribution >= 0.6 is 24.0 Å². The van der Waals surface area contributed by atoms with Gasteiger partial charge in [0.1, 0.15) is 10.1 Å². The quantitative estimate of drug-likeness (QED) is 0.273. The van der Waals surface area contributed by atoms with Gasteiger partial charge >= 0.3 is 5.97 Å². The van der Waals surface area contributed by atoms with Gasteiger partial charge in [0, 0.05) is 30.3 Å². The molecule has 0 atom stereocenters. The number of hydrogen-bond donors (Lipinski definition) is 1. The van der Waals surface area contributed by atoms with Crippen LogP contribution in [0.5, 0.6) is 5.75 Å². The molecule has 1 amide bonds. The van der Waals surface area contributed by atoms with E-state index < -0.39 is 5.97 Å². The normalized spacial score (nSPS) is 14.8. The Kier molecular flexibility index (Phi) is 8.22. The lowest BCUT2D eigenvalue weighted by Crippen LogP contribution is -2.29. The molecule has 1 aromatic heterocycles. The number of rotatable bonds is 10. The zero-order chi connectivity index (χ0) is 25.7. The summed E-state index contributed by atoms with van der Waals surface area (Å²) < 4.78 is 8.03. The number of aromatic nitrogens is 2. The summed E-state index contributed by atoms with van der Waals surface area (Å²) in [6, 6.07) is 17.5. The number of amides is 1. The van der Waals surface area contributed by atoms with Gasteiger partial charge in [-0.05, 0) is 54.8 Å². The van der Waals surface area contributed by atoms with Gasteiger partial charge in [-0.1, -0.05) is 56.0 Å².